The van der Waals surface area contributed by atoms with Crippen LogP contribution in [0.4, 0.5) is 0 Å². The van der Waals surface area contributed by atoms with Gasteiger partial charge in [-0.2, -0.15) is 0 Å². The van der Waals surface area contributed by atoms with E-state index in [1.54, 1.807) is 0 Å². The first-order valence-corrected chi connectivity index (χ1v) is 7.01. The Morgan fingerprint density at radius 2 is 1.47 bits per heavy atom. The maximum absolute atomic E-state index is 3.85. The molecule has 0 aromatic heterocycles. The molecule has 1 aliphatic carbocycles. The van der Waals surface area contributed by atoms with Crippen LogP contribution in [0.1, 0.15) is 72.1 Å². The molecule has 1 heteroatoms. The molecule has 1 aliphatic rings. The second-order valence-corrected chi connectivity index (χ2v) is 5.23. The van der Waals surface area contributed by atoms with Crippen LogP contribution in [0.15, 0.2) is 0 Å². The molecule has 1 saturated carbocycles. The molecule has 0 saturated heterocycles. The van der Waals surface area contributed by atoms with Crippen molar-refractivity contribution >= 4 is 0 Å². The molecule has 90 valence electrons. The summed E-state index contributed by atoms with van der Waals surface area (Å²) >= 11 is 0. The molecular formula is C14H29N. The maximum atomic E-state index is 3.85. The van der Waals surface area contributed by atoms with Gasteiger partial charge in [-0.25, -0.2) is 0 Å². The van der Waals surface area contributed by atoms with Gasteiger partial charge in [0.05, 0.1) is 0 Å². The molecular weight excluding hydrogens is 182 g/mol. The van der Waals surface area contributed by atoms with Crippen LogP contribution in [0.5, 0.6) is 0 Å². The fraction of sp³-hybridized carbons (Fsp3) is 1.00. The van der Waals surface area contributed by atoms with Gasteiger partial charge in [0.15, 0.2) is 0 Å². The molecule has 1 nitrogen and oxygen atoms in total. The van der Waals surface area contributed by atoms with Crippen molar-refractivity contribution in [3.8, 4) is 0 Å². The average molecular weight is 211 g/mol. The molecule has 1 N–H and O–H groups in total. The van der Waals surface area contributed by atoms with Crippen molar-refractivity contribution in [2.45, 2.75) is 77.7 Å². The predicted octanol–water partition coefficient (Wildman–Crippen LogP) is 4.13. The zero-order chi connectivity index (χ0) is 11.1. The van der Waals surface area contributed by atoms with Crippen LogP contribution in [0.2, 0.25) is 0 Å². The van der Waals surface area contributed by atoms with Crippen LogP contribution in [0.25, 0.3) is 0 Å². The maximum Gasteiger partial charge on any atom is 0.0173 e. The van der Waals surface area contributed by atoms with E-state index < -0.39 is 0 Å². The summed E-state index contributed by atoms with van der Waals surface area (Å²) in [6.45, 7) is 8.22. The van der Waals surface area contributed by atoms with Crippen molar-refractivity contribution in [2.75, 3.05) is 6.54 Å². The molecule has 0 amide bonds. The van der Waals surface area contributed by atoms with Crippen molar-refractivity contribution in [3.05, 3.63) is 0 Å². The zero-order valence-electron chi connectivity index (χ0n) is 10.9. The quantitative estimate of drug-likeness (QED) is 0.696. The SMILES string of the molecule is CCC(CC)(CC)NCC1CCCCC1. The predicted molar refractivity (Wildman–Crippen MR) is 68.2 cm³/mol. The second-order valence-electron chi connectivity index (χ2n) is 5.23. The monoisotopic (exact) mass is 211 g/mol. The lowest BCUT2D eigenvalue weighted by atomic mass is 9.86. The summed E-state index contributed by atoms with van der Waals surface area (Å²) < 4.78 is 0. The van der Waals surface area contributed by atoms with Crippen molar-refractivity contribution in [3.63, 3.8) is 0 Å². The van der Waals surface area contributed by atoms with Crippen LogP contribution in [-0.2, 0) is 0 Å². The highest BCUT2D eigenvalue weighted by atomic mass is 15.0. The van der Waals surface area contributed by atoms with Crippen LogP contribution >= 0.6 is 0 Å². The molecule has 0 heterocycles. The third kappa shape index (κ3) is 3.79. The fourth-order valence-corrected chi connectivity index (χ4v) is 2.88. The summed E-state index contributed by atoms with van der Waals surface area (Å²) in [7, 11) is 0. The minimum absolute atomic E-state index is 0.428. The van der Waals surface area contributed by atoms with Gasteiger partial charge in [-0.15, -0.1) is 0 Å². The lowest BCUT2D eigenvalue weighted by Crippen LogP contribution is -2.46. The van der Waals surface area contributed by atoms with Crippen LogP contribution < -0.4 is 5.32 Å². The first kappa shape index (κ1) is 13.0. The summed E-state index contributed by atoms with van der Waals surface area (Å²) in [4.78, 5) is 0. The van der Waals surface area contributed by atoms with E-state index in [1.807, 2.05) is 0 Å². The Morgan fingerprint density at radius 3 is 1.93 bits per heavy atom. The molecule has 0 aromatic rings. The molecule has 0 aromatic carbocycles. The van der Waals surface area contributed by atoms with Gasteiger partial charge in [0.25, 0.3) is 0 Å². The third-order valence-corrected chi connectivity index (χ3v) is 4.52. The fourth-order valence-electron chi connectivity index (χ4n) is 2.88. The Morgan fingerprint density at radius 1 is 0.933 bits per heavy atom. The van der Waals surface area contributed by atoms with E-state index in [1.165, 1.54) is 57.9 Å². The molecule has 1 rings (SSSR count). The lowest BCUT2D eigenvalue weighted by Gasteiger charge is -2.34. The standard InChI is InChI=1S/C14H29N/c1-4-14(5-2,6-3)15-12-13-10-8-7-9-11-13/h13,15H,4-12H2,1-3H3. The molecule has 0 spiro atoms. The van der Waals surface area contributed by atoms with Gasteiger partial charge >= 0.3 is 0 Å². The van der Waals surface area contributed by atoms with Crippen molar-refractivity contribution in [2.24, 2.45) is 5.92 Å². The van der Waals surface area contributed by atoms with Crippen LogP contribution in [0.3, 0.4) is 0 Å². The first-order chi connectivity index (χ1) is 7.26. The van der Waals surface area contributed by atoms with E-state index in [2.05, 4.69) is 26.1 Å². The molecule has 0 bridgehead atoms. The largest absolute Gasteiger partial charge is 0.311 e. The van der Waals surface area contributed by atoms with Gasteiger partial charge in [-0.3, -0.25) is 0 Å². The van der Waals surface area contributed by atoms with Crippen molar-refractivity contribution in [1.29, 1.82) is 0 Å². The van der Waals surface area contributed by atoms with E-state index in [0.29, 0.717) is 5.54 Å². The smallest absolute Gasteiger partial charge is 0.0173 e. The van der Waals surface area contributed by atoms with Gasteiger partial charge in [0.2, 0.25) is 0 Å². The molecule has 1 fully saturated rings. The second kappa shape index (κ2) is 6.52. The molecule has 0 radical (unpaired) electrons. The molecule has 0 atom stereocenters. The number of hydrogen-bond donors (Lipinski definition) is 1. The highest BCUT2D eigenvalue weighted by Crippen LogP contribution is 2.25. The minimum Gasteiger partial charge on any atom is -0.311 e. The third-order valence-electron chi connectivity index (χ3n) is 4.52. The Kier molecular flexibility index (Phi) is 5.66. The average Bonchev–Trinajstić information content (AvgIpc) is 2.33. The van der Waals surface area contributed by atoms with E-state index in [9.17, 15) is 0 Å². The van der Waals surface area contributed by atoms with Gasteiger partial charge in [-0.1, -0.05) is 40.0 Å². The first-order valence-electron chi connectivity index (χ1n) is 7.01. The Balaban J connectivity index is 2.31. The van der Waals surface area contributed by atoms with E-state index in [0.717, 1.165) is 5.92 Å². The Bertz CT molecular complexity index is 146. The zero-order valence-corrected chi connectivity index (χ0v) is 10.9. The van der Waals surface area contributed by atoms with Gasteiger partial charge in [0, 0.05) is 5.54 Å². The lowest BCUT2D eigenvalue weighted by molar-refractivity contribution is 0.246. The number of rotatable bonds is 6. The summed E-state index contributed by atoms with van der Waals surface area (Å²) in [6, 6.07) is 0. The minimum atomic E-state index is 0.428. The Labute approximate surface area is 96.0 Å². The van der Waals surface area contributed by atoms with E-state index in [4.69, 9.17) is 0 Å². The molecule has 15 heavy (non-hydrogen) atoms. The van der Waals surface area contributed by atoms with Crippen molar-refractivity contribution in [1.82, 2.24) is 5.32 Å². The number of nitrogens with one attached hydrogen (secondary N) is 1. The van der Waals surface area contributed by atoms with E-state index in [-0.39, 0.29) is 0 Å². The molecule has 0 aliphatic heterocycles. The Hall–Kier alpha value is -0.0400. The van der Waals surface area contributed by atoms with Crippen LogP contribution in [0, 0.1) is 5.92 Å². The molecule has 0 unspecified atom stereocenters. The highest BCUT2D eigenvalue weighted by molar-refractivity contribution is 4.85. The van der Waals surface area contributed by atoms with Gasteiger partial charge in [0.1, 0.15) is 0 Å². The summed E-state index contributed by atoms with van der Waals surface area (Å²) in [6.07, 6.45) is 11.1. The van der Waals surface area contributed by atoms with Gasteiger partial charge in [-0.05, 0) is 44.6 Å². The van der Waals surface area contributed by atoms with Crippen molar-refractivity contribution < 1.29 is 0 Å². The normalized spacial score (nSPS) is 19.4. The van der Waals surface area contributed by atoms with Crippen LogP contribution in [-0.4, -0.2) is 12.1 Å². The van der Waals surface area contributed by atoms with E-state index >= 15 is 0 Å². The number of hydrogen-bond acceptors (Lipinski definition) is 1. The summed E-state index contributed by atoms with van der Waals surface area (Å²) in [5, 5.41) is 3.85. The van der Waals surface area contributed by atoms with Gasteiger partial charge < -0.3 is 5.32 Å². The summed E-state index contributed by atoms with van der Waals surface area (Å²) in [5.74, 6) is 0.961. The summed E-state index contributed by atoms with van der Waals surface area (Å²) in [5.41, 5.74) is 0.428. The topological polar surface area (TPSA) is 12.0 Å². The highest BCUT2D eigenvalue weighted by Gasteiger charge is 2.24.